The van der Waals surface area contributed by atoms with E-state index >= 15 is 0 Å². The van der Waals surface area contributed by atoms with Crippen molar-refractivity contribution in [2.24, 2.45) is 5.41 Å². The fourth-order valence-electron chi connectivity index (χ4n) is 3.68. The van der Waals surface area contributed by atoms with Gasteiger partial charge in [-0.25, -0.2) is 4.98 Å². The molecule has 0 aliphatic carbocycles. The Morgan fingerprint density at radius 1 is 1.48 bits per heavy atom. The Balaban J connectivity index is 1.61. The maximum atomic E-state index is 12.6. The highest BCUT2D eigenvalue weighted by atomic mass is 32.1. The molecule has 21 heavy (non-hydrogen) atoms. The first-order valence-electron chi connectivity index (χ1n) is 7.83. The summed E-state index contributed by atoms with van der Waals surface area (Å²) in [6.45, 7) is 3.93. The number of aromatic nitrogens is 2. The number of nitrogens with one attached hydrogen (secondary N) is 2. The highest BCUT2D eigenvalue weighted by molar-refractivity contribution is 7.81. The molecule has 0 saturated carbocycles. The summed E-state index contributed by atoms with van der Waals surface area (Å²) >= 11 is 4.52. The summed E-state index contributed by atoms with van der Waals surface area (Å²) in [5.74, 6) is 0.164. The van der Waals surface area contributed by atoms with Gasteiger partial charge in [0.1, 0.15) is 0 Å². The van der Waals surface area contributed by atoms with Gasteiger partial charge in [0.05, 0.1) is 11.6 Å². The van der Waals surface area contributed by atoms with E-state index < -0.39 is 0 Å². The average Bonchev–Trinajstić information content (AvgIpc) is 3.00. The number of hydrogen-bond acceptors (Lipinski definition) is 4. The third-order valence-electron chi connectivity index (χ3n) is 4.79. The molecule has 2 unspecified atom stereocenters. The van der Waals surface area contributed by atoms with Crippen molar-refractivity contribution in [3.05, 3.63) is 18.2 Å². The van der Waals surface area contributed by atoms with Crippen LogP contribution in [-0.2, 0) is 11.2 Å². The van der Waals surface area contributed by atoms with Gasteiger partial charge < -0.3 is 15.2 Å². The second-order valence-corrected chi connectivity index (χ2v) is 7.06. The van der Waals surface area contributed by atoms with Crippen LogP contribution < -0.4 is 5.32 Å². The molecule has 2 fully saturated rings. The van der Waals surface area contributed by atoms with Crippen LogP contribution >= 0.6 is 12.6 Å². The number of carbonyl (C=O) groups is 1. The van der Waals surface area contributed by atoms with Gasteiger partial charge in [-0.05, 0) is 32.2 Å². The number of imidazole rings is 1. The van der Waals surface area contributed by atoms with Gasteiger partial charge in [0.25, 0.3) is 0 Å². The predicted octanol–water partition coefficient (Wildman–Crippen LogP) is 1.24. The molecular formula is C15H24N4OS. The Labute approximate surface area is 131 Å². The van der Waals surface area contributed by atoms with Crippen molar-refractivity contribution >= 4 is 18.5 Å². The van der Waals surface area contributed by atoms with Crippen LogP contribution in [0.4, 0.5) is 0 Å². The molecule has 2 saturated heterocycles. The number of thiol groups is 1. The number of H-pyrrole nitrogens is 1. The zero-order valence-corrected chi connectivity index (χ0v) is 13.2. The summed E-state index contributed by atoms with van der Waals surface area (Å²) in [6, 6.07) is 0. The molecule has 2 N–H and O–H groups in total. The maximum Gasteiger partial charge on any atom is 0.235 e. The van der Waals surface area contributed by atoms with E-state index in [-0.39, 0.29) is 11.2 Å². The van der Waals surface area contributed by atoms with E-state index in [1.54, 1.807) is 12.5 Å². The first-order valence-corrected chi connectivity index (χ1v) is 8.35. The summed E-state index contributed by atoms with van der Waals surface area (Å²) in [7, 11) is 0. The van der Waals surface area contributed by atoms with E-state index in [1.807, 2.05) is 4.90 Å². The van der Waals surface area contributed by atoms with E-state index in [1.165, 1.54) is 19.3 Å². The molecule has 2 aliphatic heterocycles. The Bertz CT molecular complexity index is 465. The molecule has 0 bridgehead atoms. The lowest BCUT2D eigenvalue weighted by atomic mass is 9.74. The van der Waals surface area contributed by atoms with Crippen LogP contribution in [0.1, 0.15) is 31.4 Å². The normalized spacial score (nSPS) is 27.8. The van der Waals surface area contributed by atoms with E-state index in [9.17, 15) is 4.79 Å². The number of amides is 1. The van der Waals surface area contributed by atoms with Gasteiger partial charge in [-0.15, -0.1) is 0 Å². The minimum absolute atomic E-state index is 0.164. The highest BCUT2D eigenvalue weighted by Gasteiger charge is 2.38. The molecule has 1 amide bonds. The van der Waals surface area contributed by atoms with Crippen LogP contribution in [0.5, 0.6) is 0 Å². The van der Waals surface area contributed by atoms with E-state index in [4.69, 9.17) is 0 Å². The molecular weight excluding hydrogens is 284 g/mol. The highest BCUT2D eigenvalue weighted by Crippen LogP contribution is 2.36. The molecule has 3 heterocycles. The zero-order chi connectivity index (χ0) is 14.7. The average molecular weight is 308 g/mol. The number of aromatic amines is 1. The molecule has 0 radical (unpaired) electrons. The fraction of sp³-hybridized carbons (Fsp3) is 0.733. The summed E-state index contributed by atoms with van der Waals surface area (Å²) in [5.41, 5.74) is 1.27. The van der Waals surface area contributed by atoms with E-state index in [0.717, 1.165) is 38.3 Å². The van der Waals surface area contributed by atoms with Crippen molar-refractivity contribution in [2.45, 2.75) is 37.4 Å². The summed E-state index contributed by atoms with van der Waals surface area (Å²) in [6.07, 6.45) is 8.83. The van der Waals surface area contributed by atoms with Gasteiger partial charge in [-0.1, -0.05) is 0 Å². The van der Waals surface area contributed by atoms with Crippen molar-refractivity contribution in [1.29, 1.82) is 0 Å². The summed E-state index contributed by atoms with van der Waals surface area (Å²) in [4.78, 5) is 21.7. The van der Waals surface area contributed by atoms with Crippen LogP contribution in [0.3, 0.4) is 0 Å². The first-order chi connectivity index (χ1) is 10.2. The number of hydrogen-bond donors (Lipinski definition) is 3. The van der Waals surface area contributed by atoms with E-state index in [2.05, 4.69) is 27.9 Å². The Hall–Kier alpha value is -1.01. The SMILES string of the molecule is O=C(C(S)Cc1cnc[nH]1)N1CCCC2(CCCNC2)C1. The van der Waals surface area contributed by atoms with Gasteiger partial charge in [0.15, 0.2) is 0 Å². The monoisotopic (exact) mass is 308 g/mol. The lowest BCUT2D eigenvalue weighted by Gasteiger charge is -2.45. The predicted molar refractivity (Wildman–Crippen MR) is 85.4 cm³/mol. The molecule has 1 aromatic rings. The van der Waals surface area contributed by atoms with Crippen LogP contribution in [0.2, 0.25) is 0 Å². The third-order valence-corrected chi connectivity index (χ3v) is 5.19. The van der Waals surface area contributed by atoms with Crippen molar-refractivity contribution in [3.63, 3.8) is 0 Å². The first kappa shape index (κ1) is 14.9. The molecule has 1 aromatic heterocycles. The van der Waals surface area contributed by atoms with Crippen LogP contribution in [-0.4, -0.2) is 52.2 Å². The quantitative estimate of drug-likeness (QED) is 0.736. The molecule has 1 spiro atoms. The van der Waals surface area contributed by atoms with Crippen molar-refractivity contribution in [2.75, 3.05) is 26.2 Å². The molecule has 2 aliphatic rings. The Kier molecular flexibility index (Phi) is 4.54. The number of piperidine rings is 2. The molecule has 0 aromatic carbocycles. The smallest absolute Gasteiger partial charge is 0.235 e. The van der Waals surface area contributed by atoms with Gasteiger partial charge in [0, 0.05) is 43.4 Å². The third kappa shape index (κ3) is 3.43. The number of rotatable bonds is 3. The lowest BCUT2D eigenvalue weighted by molar-refractivity contribution is -0.134. The molecule has 5 nitrogen and oxygen atoms in total. The van der Waals surface area contributed by atoms with Gasteiger partial charge in [-0.3, -0.25) is 4.79 Å². The molecule has 2 atom stereocenters. The van der Waals surface area contributed by atoms with Gasteiger partial charge >= 0.3 is 0 Å². The van der Waals surface area contributed by atoms with Crippen molar-refractivity contribution in [1.82, 2.24) is 20.2 Å². The molecule has 3 rings (SSSR count). The maximum absolute atomic E-state index is 12.6. The van der Waals surface area contributed by atoms with Gasteiger partial charge in [-0.2, -0.15) is 12.6 Å². The largest absolute Gasteiger partial charge is 0.348 e. The van der Waals surface area contributed by atoms with E-state index in [0.29, 0.717) is 11.8 Å². The van der Waals surface area contributed by atoms with Gasteiger partial charge in [0.2, 0.25) is 5.91 Å². The zero-order valence-electron chi connectivity index (χ0n) is 12.3. The van der Waals surface area contributed by atoms with Crippen LogP contribution in [0.15, 0.2) is 12.5 Å². The standard InChI is InChI=1S/C15H24N4OS/c20-14(13(21)7-12-8-17-11-18-12)19-6-2-4-15(10-19)3-1-5-16-9-15/h8,11,13,16,21H,1-7,9-10H2,(H,17,18). The minimum Gasteiger partial charge on any atom is -0.348 e. The number of carbonyl (C=O) groups excluding carboxylic acids is 1. The second-order valence-electron chi connectivity index (χ2n) is 6.44. The number of nitrogens with zero attached hydrogens (tertiary/aromatic N) is 2. The lowest BCUT2D eigenvalue weighted by Crippen LogP contribution is -2.54. The number of likely N-dealkylation sites (tertiary alicyclic amines) is 1. The molecule has 6 heteroatoms. The minimum atomic E-state index is -0.280. The summed E-state index contributed by atoms with van der Waals surface area (Å²) in [5, 5.41) is 3.22. The fourth-order valence-corrected chi connectivity index (χ4v) is 4.04. The van der Waals surface area contributed by atoms with Crippen LogP contribution in [0, 0.1) is 5.41 Å². The molecule has 116 valence electrons. The van der Waals surface area contributed by atoms with Crippen molar-refractivity contribution in [3.8, 4) is 0 Å². The second kappa shape index (κ2) is 6.40. The van der Waals surface area contributed by atoms with Crippen molar-refractivity contribution < 1.29 is 4.79 Å². The Morgan fingerprint density at radius 3 is 3.05 bits per heavy atom. The van der Waals surface area contributed by atoms with Crippen LogP contribution in [0.25, 0.3) is 0 Å². The Morgan fingerprint density at radius 2 is 2.33 bits per heavy atom. The topological polar surface area (TPSA) is 61.0 Å². The summed E-state index contributed by atoms with van der Waals surface area (Å²) < 4.78 is 0.